The molecule has 0 spiro atoms. The maximum Gasteiger partial charge on any atom is 0.164 e. The molecule has 0 fully saturated rings. The highest BCUT2D eigenvalue weighted by Gasteiger charge is 2.02. The monoisotopic (exact) mass is 234 g/mol. The summed E-state index contributed by atoms with van der Waals surface area (Å²) in [6.07, 6.45) is 0. The van der Waals surface area contributed by atoms with Crippen LogP contribution in [0.15, 0.2) is 42.5 Å². The van der Waals surface area contributed by atoms with Crippen LogP contribution in [0.25, 0.3) is 0 Å². The molecule has 2 N–H and O–H groups in total. The van der Waals surface area contributed by atoms with Crippen LogP contribution >= 0.6 is 0 Å². The second kappa shape index (κ2) is 4.74. The van der Waals surface area contributed by atoms with Gasteiger partial charge in [-0.3, -0.25) is 0 Å². The number of hydrogen-bond donors (Lipinski definition) is 2. The molecule has 0 radical (unpaired) electrons. The fourth-order valence-corrected chi connectivity index (χ4v) is 1.36. The standard InChI is InChI=1S/C13H11FO3/c14-12-6-1-9(7-13(12)16)8-17-11-4-2-10(15)3-5-11/h1-7,15-16H,8H2. The Labute approximate surface area is 97.7 Å². The predicted octanol–water partition coefficient (Wildman–Crippen LogP) is 2.82. The molecule has 0 bridgehead atoms. The van der Waals surface area contributed by atoms with Crippen molar-refractivity contribution in [3.63, 3.8) is 0 Å². The zero-order valence-corrected chi connectivity index (χ0v) is 8.93. The van der Waals surface area contributed by atoms with Gasteiger partial charge in [-0.25, -0.2) is 4.39 Å². The Kier molecular flexibility index (Phi) is 3.14. The summed E-state index contributed by atoms with van der Waals surface area (Å²) in [7, 11) is 0. The number of hydrogen-bond acceptors (Lipinski definition) is 3. The first-order valence-corrected chi connectivity index (χ1v) is 5.04. The molecule has 0 heterocycles. The summed E-state index contributed by atoms with van der Waals surface area (Å²) in [5.74, 6) is -0.293. The molecule has 0 unspecified atom stereocenters. The van der Waals surface area contributed by atoms with Crippen LogP contribution in [-0.4, -0.2) is 10.2 Å². The molecular formula is C13H11FO3. The Balaban J connectivity index is 2.02. The van der Waals surface area contributed by atoms with Crippen LogP contribution in [-0.2, 0) is 6.61 Å². The zero-order chi connectivity index (χ0) is 12.3. The number of phenols is 2. The molecule has 3 nitrogen and oxygen atoms in total. The van der Waals surface area contributed by atoms with Gasteiger partial charge in [-0.2, -0.15) is 0 Å². The summed E-state index contributed by atoms with van der Waals surface area (Å²) in [4.78, 5) is 0. The molecule has 0 atom stereocenters. The molecule has 0 amide bonds. The first kappa shape index (κ1) is 11.3. The second-order valence-electron chi connectivity index (χ2n) is 3.57. The molecule has 4 heteroatoms. The molecule has 0 aromatic heterocycles. The minimum absolute atomic E-state index is 0.164. The van der Waals surface area contributed by atoms with Crippen molar-refractivity contribution < 1.29 is 19.3 Å². The van der Waals surface area contributed by atoms with E-state index in [1.807, 2.05) is 0 Å². The molecule has 2 aromatic rings. The lowest BCUT2D eigenvalue weighted by atomic mass is 10.2. The van der Waals surface area contributed by atoms with Gasteiger partial charge in [-0.15, -0.1) is 0 Å². The highest BCUT2D eigenvalue weighted by Crippen LogP contribution is 2.20. The lowest BCUT2D eigenvalue weighted by Gasteiger charge is -2.06. The van der Waals surface area contributed by atoms with E-state index in [0.717, 1.165) is 0 Å². The summed E-state index contributed by atoms with van der Waals surface area (Å²) in [6.45, 7) is 0.221. The normalized spacial score (nSPS) is 10.2. The first-order valence-electron chi connectivity index (χ1n) is 5.04. The van der Waals surface area contributed by atoms with Crippen LogP contribution in [0, 0.1) is 5.82 Å². The van der Waals surface area contributed by atoms with E-state index < -0.39 is 11.6 Å². The fraction of sp³-hybridized carbons (Fsp3) is 0.0769. The van der Waals surface area contributed by atoms with Crippen molar-refractivity contribution in [1.82, 2.24) is 0 Å². The van der Waals surface area contributed by atoms with E-state index in [2.05, 4.69) is 0 Å². The molecule has 0 saturated carbocycles. The molecule has 0 aliphatic rings. The summed E-state index contributed by atoms with van der Waals surface area (Å²) < 4.78 is 18.2. The van der Waals surface area contributed by atoms with Gasteiger partial charge in [0, 0.05) is 0 Å². The Bertz CT molecular complexity index is 509. The average molecular weight is 234 g/mol. The fourth-order valence-electron chi connectivity index (χ4n) is 1.36. The Morgan fingerprint density at radius 1 is 1.00 bits per heavy atom. The van der Waals surface area contributed by atoms with Gasteiger partial charge in [0.15, 0.2) is 11.6 Å². The third-order valence-electron chi connectivity index (χ3n) is 2.25. The highest BCUT2D eigenvalue weighted by atomic mass is 19.1. The van der Waals surface area contributed by atoms with E-state index in [-0.39, 0.29) is 12.4 Å². The van der Waals surface area contributed by atoms with Crippen molar-refractivity contribution in [2.45, 2.75) is 6.61 Å². The highest BCUT2D eigenvalue weighted by molar-refractivity contribution is 5.31. The molecule has 2 rings (SSSR count). The van der Waals surface area contributed by atoms with Gasteiger partial charge >= 0.3 is 0 Å². The predicted molar refractivity (Wildman–Crippen MR) is 60.5 cm³/mol. The molecule has 88 valence electrons. The molecule has 2 aromatic carbocycles. The lowest BCUT2D eigenvalue weighted by Crippen LogP contribution is -1.95. The minimum Gasteiger partial charge on any atom is -0.508 e. The third-order valence-corrected chi connectivity index (χ3v) is 2.25. The molecular weight excluding hydrogens is 223 g/mol. The van der Waals surface area contributed by atoms with Crippen LogP contribution in [0.4, 0.5) is 4.39 Å². The molecule has 0 aliphatic carbocycles. The Hall–Kier alpha value is -2.23. The van der Waals surface area contributed by atoms with E-state index in [4.69, 9.17) is 9.84 Å². The summed E-state index contributed by atoms with van der Waals surface area (Å²) in [6, 6.07) is 10.3. The van der Waals surface area contributed by atoms with Gasteiger partial charge in [0.1, 0.15) is 18.1 Å². The smallest absolute Gasteiger partial charge is 0.164 e. The van der Waals surface area contributed by atoms with Gasteiger partial charge in [0.2, 0.25) is 0 Å². The molecule has 0 saturated heterocycles. The summed E-state index contributed by atoms with van der Waals surface area (Å²) in [5.41, 5.74) is 0.664. The van der Waals surface area contributed by atoms with E-state index in [1.165, 1.54) is 30.3 Å². The summed E-state index contributed by atoms with van der Waals surface area (Å²) >= 11 is 0. The minimum atomic E-state index is -0.654. The van der Waals surface area contributed by atoms with Crippen molar-refractivity contribution in [1.29, 1.82) is 0 Å². The zero-order valence-electron chi connectivity index (χ0n) is 8.93. The number of aromatic hydroxyl groups is 2. The topological polar surface area (TPSA) is 49.7 Å². The number of benzene rings is 2. The van der Waals surface area contributed by atoms with Gasteiger partial charge in [-0.1, -0.05) is 6.07 Å². The van der Waals surface area contributed by atoms with Gasteiger partial charge < -0.3 is 14.9 Å². The van der Waals surface area contributed by atoms with Crippen molar-refractivity contribution in [2.75, 3.05) is 0 Å². The number of rotatable bonds is 3. The average Bonchev–Trinajstić information content (AvgIpc) is 2.33. The van der Waals surface area contributed by atoms with Crippen LogP contribution in [0.2, 0.25) is 0 Å². The van der Waals surface area contributed by atoms with E-state index >= 15 is 0 Å². The van der Waals surface area contributed by atoms with E-state index in [0.29, 0.717) is 11.3 Å². The summed E-state index contributed by atoms with van der Waals surface area (Å²) in [5, 5.41) is 18.2. The Morgan fingerprint density at radius 3 is 2.35 bits per heavy atom. The van der Waals surface area contributed by atoms with Crippen LogP contribution in [0.1, 0.15) is 5.56 Å². The number of halogens is 1. The number of phenolic OH excluding ortho intramolecular Hbond substituents is 2. The second-order valence-corrected chi connectivity index (χ2v) is 3.57. The van der Waals surface area contributed by atoms with Crippen molar-refractivity contribution in [3.8, 4) is 17.2 Å². The number of ether oxygens (including phenoxy) is 1. The van der Waals surface area contributed by atoms with E-state index in [1.54, 1.807) is 12.1 Å². The molecule has 17 heavy (non-hydrogen) atoms. The van der Waals surface area contributed by atoms with E-state index in [9.17, 15) is 9.50 Å². The van der Waals surface area contributed by atoms with Crippen molar-refractivity contribution in [2.24, 2.45) is 0 Å². The van der Waals surface area contributed by atoms with Gasteiger partial charge in [-0.05, 0) is 42.0 Å². The first-order chi connectivity index (χ1) is 8.15. The van der Waals surface area contributed by atoms with Crippen molar-refractivity contribution >= 4 is 0 Å². The van der Waals surface area contributed by atoms with Gasteiger partial charge in [0.05, 0.1) is 0 Å². The molecule has 0 aliphatic heterocycles. The third kappa shape index (κ3) is 2.87. The van der Waals surface area contributed by atoms with Crippen LogP contribution in [0.3, 0.4) is 0 Å². The maximum atomic E-state index is 12.8. The maximum absolute atomic E-state index is 12.8. The Morgan fingerprint density at radius 2 is 1.71 bits per heavy atom. The largest absolute Gasteiger partial charge is 0.508 e. The lowest BCUT2D eigenvalue weighted by molar-refractivity contribution is 0.304. The van der Waals surface area contributed by atoms with Gasteiger partial charge in [0.25, 0.3) is 0 Å². The van der Waals surface area contributed by atoms with Crippen LogP contribution < -0.4 is 4.74 Å². The van der Waals surface area contributed by atoms with Crippen molar-refractivity contribution in [3.05, 3.63) is 53.8 Å². The van der Waals surface area contributed by atoms with Crippen LogP contribution in [0.5, 0.6) is 17.2 Å². The quantitative estimate of drug-likeness (QED) is 0.858. The SMILES string of the molecule is Oc1ccc(OCc2ccc(F)c(O)c2)cc1.